The SMILES string of the molecule is NC1(c2ccc(N3CC(=O)NCC3=O)cc2)CCCCC1. The molecule has 2 fully saturated rings. The molecule has 21 heavy (non-hydrogen) atoms. The van der Waals surface area contributed by atoms with Gasteiger partial charge in [0.05, 0.1) is 6.54 Å². The minimum atomic E-state index is -0.236. The van der Waals surface area contributed by atoms with E-state index in [0.717, 1.165) is 24.1 Å². The van der Waals surface area contributed by atoms with Crippen LogP contribution in [0, 0.1) is 0 Å². The molecule has 0 aromatic heterocycles. The van der Waals surface area contributed by atoms with Crippen LogP contribution < -0.4 is 16.0 Å². The van der Waals surface area contributed by atoms with Gasteiger partial charge in [-0.25, -0.2) is 0 Å². The Morgan fingerprint density at radius 2 is 1.71 bits per heavy atom. The fourth-order valence-electron chi connectivity index (χ4n) is 3.24. The second-order valence-electron chi connectivity index (χ2n) is 6.02. The molecule has 1 aromatic carbocycles. The van der Waals surface area contributed by atoms with E-state index >= 15 is 0 Å². The van der Waals surface area contributed by atoms with Crippen LogP contribution in [0.1, 0.15) is 37.7 Å². The van der Waals surface area contributed by atoms with E-state index < -0.39 is 0 Å². The highest BCUT2D eigenvalue weighted by atomic mass is 16.2. The van der Waals surface area contributed by atoms with Crippen molar-refractivity contribution < 1.29 is 9.59 Å². The van der Waals surface area contributed by atoms with Crippen molar-refractivity contribution in [3.05, 3.63) is 29.8 Å². The Balaban J connectivity index is 1.80. The van der Waals surface area contributed by atoms with Crippen LogP contribution in [0.25, 0.3) is 0 Å². The molecule has 5 heteroatoms. The molecule has 3 N–H and O–H groups in total. The third-order valence-electron chi connectivity index (χ3n) is 4.54. The van der Waals surface area contributed by atoms with Crippen LogP contribution in [0.2, 0.25) is 0 Å². The number of carbonyl (C=O) groups excluding carboxylic acids is 2. The zero-order valence-corrected chi connectivity index (χ0v) is 12.1. The van der Waals surface area contributed by atoms with Gasteiger partial charge in [-0.2, -0.15) is 0 Å². The normalized spacial score (nSPS) is 22.0. The highest BCUT2D eigenvalue weighted by molar-refractivity contribution is 6.04. The number of rotatable bonds is 2. The van der Waals surface area contributed by atoms with Gasteiger partial charge in [0.1, 0.15) is 6.54 Å². The first-order valence-electron chi connectivity index (χ1n) is 7.55. The lowest BCUT2D eigenvalue weighted by Gasteiger charge is -2.34. The summed E-state index contributed by atoms with van der Waals surface area (Å²) in [5.41, 5.74) is 8.16. The number of carbonyl (C=O) groups is 2. The highest BCUT2D eigenvalue weighted by Crippen LogP contribution is 2.35. The van der Waals surface area contributed by atoms with Crippen molar-refractivity contribution in [3.8, 4) is 0 Å². The molecule has 1 saturated heterocycles. The zero-order valence-electron chi connectivity index (χ0n) is 12.1. The van der Waals surface area contributed by atoms with Gasteiger partial charge in [0.25, 0.3) is 0 Å². The fourth-order valence-corrected chi connectivity index (χ4v) is 3.24. The molecule has 1 aliphatic carbocycles. The Hall–Kier alpha value is -1.88. The summed E-state index contributed by atoms with van der Waals surface area (Å²) in [5.74, 6) is -0.205. The number of hydrogen-bond acceptors (Lipinski definition) is 3. The maximum atomic E-state index is 11.9. The smallest absolute Gasteiger partial charge is 0.246 e. The van der Waals surface area contributed by atoms with Crippen LogP contribution in [0.15, 0.2) is 24.3 Å². The molecule has 5 nitrogen and oxygen atoms in total. The Kier molecular flexibility index (Phi) is 3.68. The van der Waals surface area contributed by atoms with Crippen molar-refractivity contribution in [1.29, 1.82) is 0 Å². The zero-order chi connectivity index (χ0) is 14.9. The summed E-state index contributed by atoms with van der Waals surface area (Å²) in [4.78, 5) is 24.8. The van der Waals surface area contributed by atoms with Gasteiger partial charge >= 0.3 is 0 Å². The Morgan fingerprint density at radius 1 is 1.05 bits per heavy atom. The van der Waals surface area contributed by atoms with Gasteiger partial charge in [-0.3, -0.25) is 9.59 Å². The number of amides is 2. The summed E-state index contributed by atoms with van der Waals surface area (Å²) in [6.45, 7) is 0.160. The molecular formula is C16H21N3O2. The monoisotopic (exact) mass is 287 g/mol. The van der Waals surface area contributed by atoms with Gasteiger partial charge in [0, 0.05) is 11.2 Å². The van der Waals surface area contributed by atoms with Crippen LogP contribution in [-0.4, -0.2) is 24.9 Å². The van der Waals surface area contributed by atoms with Crippen LogP contribution in [0.4, 0.5) is 5.69 Å². The number of nitrogens with one attached hydrogen (secondary N) is 1. The fraction of sp³-hybridized carbons (Fsp3) is 0.500. The quantitative estimate of drug-likeness (QED) is 0.860. The van der Waals surface area contributed by atoms with Crippen molar-refractivity contribution in [2.24, 2.45) is 5.73 Å². The molecular weight excluding hydrogens is 266 g/mol. The molecule has 1 aromatic rings. The third-order valence-corrected chi connectivity index (χ3v) is 4.54. The van der Waals surface area contributed by atoms with Crippen LogP contribution in [0.3, 0.4) is 0 Å². The summed E-state index contributed by atoms with van der Waals surface area (Å²) in [7, 11) is 0. The summed E-state index contributed by atoms with van der Waals surface area (Å²) < 4.78 is 0. The molecule has 2 aliphatic rings. The molecule has 0 spiro atoms. The molecule has 3 rings (SSSR count). The Morgan fingerprint density at radius 3 is 2.38 bits per heavy atom. The molecule has 0 radical (unpaired) electrons. The summed E-state index contributed by atoms with van der Waals surface area (Å²) >= 11 is 0. The second kappa shape index (κ2) is 5.48. The van der Waals surface area contributed by atoms with E-state index in [1.54, 1.807) is 0 Å². The standard InChI is InChI=1S/C16H21N3O2/c17-16(8-2-1-3-9-16)12-4-6-13(7-5-12)19-11-14(20)18-10-15(19)21/h4-7H,1-3,8-11,17H2,(H,18,20). The summed E-state index contributed by atoms with van der Waals surface area (Å²) in [5, 5.41) is 2.55. The molecule has 1 heterocycles. The maximum Gasteiger partial charge on any atom is 0.246 e. The average molecular weight is 287 g/mol. The molecule has 2 amide bonds. The lowest BCUT2D eigenvalue weighted by Crippen LogP contribution is -2.51. The van der Waals surface area contributed by atoms with Gasteiger partial charge in [-0.05, 0) is 30.5 Å². The highest BCUT2D eigenvalue weighted by Gasteiger charge is 2.30. The molecule has 1 saturated carbocycles. The lowest BCUT2D eigenvalue weighted by molar-refractivity contribution is -0.128. The van der Waals surface area contributed by atoms with E-state index in [-0.39, 0.29) is 30.4 Å². The second-order valence-corrected chi connectivity index (χ2v) is 6.02. The largest absolute Gasteiger partial charge is 0.345 e. The van der Waals surface area contributed by atoms with E-state index in [1.165, 1.54) is 24.2 Å². The summed E-state index contributed by atoms with van der Waals surface area (Å²) in [6, 6.07) is 7.80. The molecule has 0 unspecified atom stereocenters. The minimum absolute atomic E-state index is 0.0708. The van der Waals surface area contributed by atoms with E-state index in [9.17, 15) is 9.59 Å². The van der Waals surface area contributed by atoms with Gasteiger partial charge in [0.15, 0.2) is 0 Å². The number of piperazine rings is 1. The van der Waals surface area contributed by atoms with Crippen molar-refractivity contribution in [2.45, 2.75) is 37.6 Å². The number of anilines is 1. The number of nitrogens with zero attached hydrogens (tertiary/aromatic N) is 1. The van der Waals surface area contributed by atoms with Gasteiger partial charge in [-0.15, -0.1) is 0 Å². The molecule has 0 atom stereocenters. The summed E-state index contributed by atoms with van der Waals surface area (Å²) in [6.07, 6.45) is 5.62. The first-order valence-corrected chi connectivity index (χ1v) is 7.55. The molecule has 112 valence electrons. The van der Waals surface area contributed by atoms with Crippen LogP contribution >= 0.6 is 0 Å². The van der Waals surface area contributed by atoms with Crippen molar-refractivity contribution in [3.63, 3.8) is 0 Å². The topological polar surface area (TPSA) is 75.4 Å². The molecule has 0 bridgehead atoms. The first-order chi connectivity index (χ1) is 10.1. The number of benzene rings is 1. The van der Waals surface area contributed by atoms with Crippen molar-refractivity contribution in [1.82, 2.24) is 5.32 Å². The van der Waals surface area contributed by atoms with E-state index in [2.05, 4.69) is 5.32 Å². The van der Waals surface area contributed by atoms with E-state index in [0.29, 0.717) is 0 Å². The van der Waals surface area contributed by atoms with Crippen LogP contribution in [-0.2, 0) is 15.1 Å². The van der Waals surface area contributed by atoms with Crippen LogP contribution in [0.5, 0.6) is 0 Å². The lowest BCUT2D eigenvalue weighted by atomic mass is 9.77. The number of nitrogens with two attached hydrogens (primary N) is 1. The van der Waals surface area contributed by atoms with Gasteiger partial charge < -0.3 is 16.0 Å². The van der Waals surface area contributed by atoms with Crippen molar-refractivity contribution in [2.75, 3.05) is 18.0 Å². The van der Waals surface area contributed by atoms with E-state index in [4.69, 9.17) is 5.73 Å². The van der Waals surface area contributed by atoms with E-state index in [1.807, 2.05) is 24.3 Å². The van der Waals surface area contributed by atoms with Crippen molar-refractivity contribution >= 4 is 17.5 Å². The average Bonchev–Trinajstić information content (AvgIpc) is 2.51. The third kappa shape index (κ3) is 2.78. The predicted octanol–water partition coefficient (Wildman–Crippen LogP) is 1.27. The maximum absolute atomic E-state index is 11.9. The Bertz CT molecular complexity index is 547. The predicted molar refractivity (Wildman–Crippen MR) is 80.8 cm³/mol. The van der Waals surface area contributed by atoms with Gasteiger partial charge in [-0.1, -0.05) is 31.4 Å². The van der Waals surface area contributed by atoms with Gasteiger partial charge in [0.2, 0.25) is 11.8 Å². The Labute approximate surface area is 124 Å². The molecule has 1 aliphatic heterocycles. The first kappa shape index (κ1) is 14.1. The number of hydrogen-bond donors (Lipinski definition) is 2. The minimum Gasteiger partial charge on any atom is -0.345 e.